The van der Waals surface area contributed by atoms with Crippen LogP contribution in [0, 0.1) is 0 Å². The summed E-state index contributed by atoms with van der Waals surface area (Å²) in [5.74, 6) is -0.0321. The Morgan fingerprint density at radius 2 is 2.04 bits per heavy atom. The number of hydrogen-bond donors (Lipinski definition) is 1. The third kappa shape index (κ3) is 3.45. The number of pyridine rings is 1. The van der Waals surface area contributed by atoms with Crippen molar-refractivity contribution < 1.29 is 4.79 Å². The van der Waals surface area contributed by atoms with E-state index in [0.717, 1.165) is 24.1 Å². The molecular weight excluding hydrogens is 312 g/mol. The molecule has 126 valence electrons. The smallest absolute Gasteiger partial charge is 0.228 e. The van der Waals surface area contributed by atoms with E-state index in [4.69, 9.17) is 0 Å². The molecule has 1 aromatic carbocycles. The van der Waals surface area contributed by atoms with Crippen LogP contribution < -0.4 is 5.32 Å². The zero-order valence-electron chi connectivity index (χ0n) is 13.9. The number of aryl methyl sites for hydroxylation is 1. The average molecular weight is 332 g/mol. The molecule has 0 fully saturated rings. The molecule has 1 N–H and O–H groups in total. The van der Waals surface area contributed by atoms with Crippen LogP contribution in [0.15, 0.2) is 61.3 Å². The van der Waals surface area contributed by atoms with E-state index in [9.17, 15) is 4.79 Å². The Hall–Kier alpha value is -2.95. The van der Waals surface area contributed by atoms with E-state index in [1.165, 1.54) is 17.7 Å². The third-order valence-electron chi connectivity index (χ3n) is 4.66. The quantitative estimate of drug-likeness (QED) is 0.797. The summed E-state index contributed by atoms with van der Waals surface area (Å²) < 4.78 is 2.26. The number of carbonyl (C=O) groups excluding carboxylic acids is 1. The van der Waals surface area contributed by atoms with Crippen molar-refractivity contribution in [3.63, 3.8) is 0 Å². The number of benzene rings is 1. The number of nitrogens with one attached hydrogen (secondary N) is 1. The van der Waals surface area contributed by atoms with Crippen LogP contribution in [-0.2, 0) is 17.6 Å². The van der Waals surface area contributed by atoms with E-state index < -0.39 is 0 Å². The van der Waals surface area contributed by atoms with Crippen molar-refractivity contribution in [2.75, 3.05) is 5.32 Å². The minimum absolute atomic E-state index is 0.0321. The van der Waals surface area contributed by atoms with Gasteiger partial charge in [-0.25, -0.2) is 4.98 Å². The molecule has 0 spiro atoms. The van der Waals surface area contributed by atoms with Gasteiger partial charge in [0.15, 0.2) is 0 Å². The van der Waals surface area contributed by atoms with Gasteiger partial charge in [-0.05, 0) is 48.6 Å². The molecular formula is C20H20N4O. The molecule has 25 heavy (non-hydrogen) atoms. The molecule has 0 aliphatic carbocycles. The molecule has 1 amide bonds. The largest absolute Gasteiger partial charge is 0.327 e. The maximum absolute atomic E-state index is 12.1. The maximum atomic E-state index is 12.1. The normalized spacial score (nSPS) is 16.2. The summed E-state index contributed by atoms with van der Waals surface area (Å²) in [6.45, 7) is 0. The molecule has 1 aliphatic heterocycles. The van der Waals surface area contributed by atoms with E-state index in [1.807, 2.05) is 36.8 Å². The Kier molecular flexibility index (Phi) is 4.29. The van der Waals surface area contributed by atoms with Crippen molar-refractivity contribution in [1.29, 1.82) is 0 Å². The fourth-order valence-corrected chi connectivity index (χ4v) is 3.43. The summed E-state index contributed by atoms with van der Waals surface area (Å²) in [5.41, 5.74) is 4.28. The highest BCUT2D eigenvalue weighted by molar-refractivity contribution is 5.92. The molecule has 5 nitrogen and oxygen atoms in total. The lowest BCUT2D eigenvalue weighted by Gasteiger charge is -2.26. The second-order valence-electron chi connectivity index (χ2n) is 6.41. The summed E-state index contributed by atoms with van der Waals surface area (Å²) in [4.78, 5) is 20.5. The minimum Gasteiger partial charge on any atom is -0.327 e. The lowest BCUT2D eigenvalue weighted by Crippen LogP contribution is -2.18. The van der Waals surface area contributed by atoms with Gasteiger partial charge in [0.25, 0.3) is 0 Å². The molecule has 2 aromatic heterocycles. The number of hydrogen-bond acceptors (Lipinski definition) is 3. The summed E-state index contributed by atoms with van der Waals surface area (Å²) in [7, 11) is 0. The molecule has 0 saturated heterocycles. The van der Waals surface area contributed by atoms with E-state index in [1.54, 1.807) is 12.4 Å². The Morgan fingerprint density at radius 3 is 2.84 bits per heavy atom. The zero-order chi connectivity index (χ0) is 17.1. The number of aromatic nitrogens is 3. The Morgan fingerprint density at radius 1 is 1.16 bits per heavy atom. The lowest BCUT2D eigenvalue weighted by molar-refractivity contribution is -0.115. The topological polar surface area (TPSA) is 59.8 Å². The molecule has 1 aliphatic rings. The van der Waals surface area contributed by atoms with Crippen molar-refractivity contribution in [3.8, 4) is 0 Å². The number of imidazole rings is 1. The highest BCUT2D eigenvalue weighted by Gasteiger charge is 2.20. The molecule has 1 atom stereocenters. The van der Waals surface area contributed by atoms with Crippen LogP contribution in [0.25, 0.3) is 0 Å². The fourth-order valence-electron chi connectivity index (χ4n) is 3.43. The molecule has 0 radical (unpaired) electrons. The molecule has 0 unspecified atom stereocenters. The Balaban J connectivity index is 1.44. The third-order valence-corrected chi connectivity index (χ3v) is 4.66. The van der Waals surface area contributed by atoms with Crippen molar-refractivity contribution >= 4 is 11.6 Å². The summed E-state index contributed by atoms with van der Waals surface area (Å²) >= 11 is 0. The van der Waals surface area contributed by atoms with Gasteiger partial charge in [0, 0.05) is 30.0 Å². The van der Waals surface area contributed by atoms with Gasteiger partial charge in [0.2, 0.25) is 5.91 Å². The van der Waals surface area contributed by atoms with Gasteiger partial charge in [-0.1, -0.05) is 18.2 Å². The average Bonchev–Trinajstić information content (AvgIpc) is 3.12. The molecule has 4 rings (SSSR count). The Labute approximate surface area is 146 Å². The lowest BCUT2D eigenvalue weighted by atomic mass is 9.96. The second kappa shape index (κ2) is 6.89. The fraction of sp³-hybridized carbons (Fsp3) is 0.250. The van der Waals surface area contributed by atoms with E-state index in [-0.39, 0.29) is 5.91 Å². The van der Waals surface area contributed by atoms with Gasteiger partial charge in [-0.15, -0.1) is 0 Å². The molecule has 3 heterocycles. The summed E-state index contributed by atoms with van der Waals surface area (Å²) in [6.07, 6.45) is 11.0. The van der Waals surface area contributed by atoms with Gasteiger partial charge in [0.05, 0.1) is 18.8 Å². The number of anilines is 1. The van der Waals surface area contributed by atoms with Crippen molar-refractivity contribution in [2.45, 2.75) is 31.7 Å². The highest BCUT2D eigenvalue weighted by atomic mass is 16.1. The molecule has 0 bridgehead atoms. The first-order valence-corrected chi connectivity index (χ1v) is 8.59. The van der Waals surface area contributed by atoms with Gasteiger partial charge >= 0.3 is 0 Å². The zero-order valence-corrected chi connectivity index (χ0v) is 13.9. The predicted octanol–water partition coefficient (Wildman–Crippen LogP) is 3.39. The van der Waals surface area contributed by atoms with Crippen LogP contribution in [0.5, 0.6) is 0 Å². The van der Waals surface area contributed by atoms with Crippen molar-refractivity contribution in [1.82, 2.24) is 14.5 Å². The van der Waals surface area contributed by atoms with Crippen molar-refractivity contribution in [3.05, 3.63) is 78.1 Å². The van der Waals surface area contributed by atoms with Crippen LogP contribution in [0.4, 0.5) is 5.69 Å². The molecule has 0 saturated carbocycles. The van der Waals surface area contributed by atoms with Crippen LogP contribution in [0.3, 0.4) is 0 Å². The summed E-state index contributed by atoms with van der Waals surface area (Å²) in [5, 5.41) is 2.95. The number of rotatable bonds is 4. The van der Waals surface area contributed by atoms with Crippen LogP contribution >= 0.6 is 0 Å². The van der Waals surface area contributed by atoms with Gasteiger partial charge in [-0.2, -0.15) is 0 Å². The number of carbonyl (C=O) groups is 1. The van der Waals surface area contributed by atoms with Crippen LogP contribution in [0.2, 0.25) is 0 Å². The second-order valence-corrected chi connectivity index (χ2v) is 6.41. The molecule has 3 aromatic rings. The first kappa shape index (κ1) is 15.6. The minimum atomic E-state index is -0.0321. The number of nitrogens with zero attached hydrogens (tertiary/aromatic N) is 3. The monoisotopic (exact) mass is 332 g/mol. The first-order valence-electron chi connectivity index (χ1n) is 8.59. The highest BCUT2D eigenvalue weighted by Crippen LogP contribution is 2.30. The Bertz CT molecular complexity index is 855. The molecule has 5 heteroatoms. The SMILES string of the molecule is O=C(Cc1cccnc1)Nc1ccc([C@@H]2CCCc3cncn32)cc1. The van der Waals surface area contributed by atoms with E-state index in [0.29, 0.717) is 12.5 Å². The number of fused-ring (bicyclic) bond motifs is 1. The van der Waals surface area contributed by atoms with Gasteiger partial charge < -0.3 is 9.88 Å². The standard InChI is InChI=1S/C20H20N4O/c25-20(11-15-3-2-10-21-12-15)23-17-8-6-16(7-9-17)19-5-1-4-18-13-22-14-24(18)19/h2-3,6-10,12-14,19H,1,4-5,11H2,(H,23,25)/t19-/m0/s1. The van der Waals surface area contributed by atoms with Crippen LogP contribution in [0.1, 0.15) is 35.7 Å². The van der Waals surface area contributed by atoms with Crippen LogP contribution in [-0.4, -0.2) is 20.4 Å². The first-order chi connectivity index (χ1) is 12.3. The van der Waals surface area contributed by atoms with E-state index >= 15 is 0 Å². The van der Waals surface area contributed by atoms with Gasteiger partial charge in [0.1, 0.15) is 0 Å². The summed E-state index contributed by atoms with van der Waals surface area (Å²) in [6, 6.07) is 12.2. The predicted molar refractivity (Wildman–Crippen MR) is 96.3 cm³/mol. The number of amides is 1. The van der Waals surface area contributed by atoms with Gasteiger partial charge in [-0.3, -0.25) is 9.78 Å². The van der Waals surface area contributed by atoms with Crippen molar-refractivity contribution in [2.24, 2.45) is 0 Å². The van der Waals surface area contributed by atoms with E-state index in [2.05, 4.69) is 32.0 Å². The maximum Gasteiger partial charge on any atom is 0.228 e.